The molecule has 0 amide bonds. The van der Waals surface area contributed by atoms with Gasteiger partial charge in [0.25, 0.3) is 0 Å². The van der Waals surface area contributed by atoms with Gasteiger partial charge in [-0.2, -0.15) is 38.3 Å². The molecule has 0 N–H and O–H groups in total. The van der Waals surface area contributed by atoms with Gasteiger partial charge in [0.05, 0.1) is 0 Å². The average molecular weight is 292 g/mol. The van der Waals surface area contributed by atoms with Gasteiger partial charge in [0.1, 0.15) is 0 Å². The normalized spacial score (nSPS) is 8.07. The Kier molecular flexibility index (Phi) is 20.2. The zero-order valence-electron chi connectivity index (χ0n) is 8.53. The molecule has 1 aromatic rings. The van der Waals surface area contributed by atoms with Crippen molar-refractivity contribution in [1.82, 2.24) is 0 Å². The molecule has 0 saturated heterocycles. The van der Waals surface area contributed by atoms with Gasteiger partial charge in [-0.1, -0.05) is 26.2 Å². The number of thiophene rings is 1. The van der Waals surface area contributed by atoms with E-state index in [0.717, 1.165) is 0 Å². The van der Waals surface area contributed by atoms with Crippen molar-refractivity contribution >= 4 is 38.3 Å². The number of aryl methyl sites for hydroxylation is 1. The third-order valence-corrected chi connectivity index (χ3v) is 2.63. The van der Waals surface area contributed by atoms with E-state index in [-0.39, 0.29) is 44.1 Å². The van der Waals surface area contributed by atoms with Crippen LogP contribution >= 0.6 is 38.3 Å². The van der Waals surface area contributed by atoms with Crippen molar-refractivity contribution in [2.45, 2.75) is 39.0 Å². The van der Waals surface area contributed by atoms with Gasteiger partial charge >= 0.3 is 0 Å². The molecule has 4 heteroatoms. The van der Waals surface area contributed by atoms with Crippen molar-refractivity contribution in [3.8, 4) is 0 Å². The van der Waals surface area contributed by atoms with Crippen LogP contribution in [-0.2, 0) is 23.5 Å². The van der Waals surface area contributed by atoms with E-state index >= 15 is 0 Å². The quantitative estimate of drug-likeness (QED) is 0.566. The summed E-state index contributed by atoms with van der Waals surface area (Å²) in [6, 6.07) is 2.23. The van der Waals surface area contributed by atoms with E-state index in [9.17, 15) is 0 Å². The summed E-state index contributed by atoms with van der Waals surface area (Å²) in [6.07, 6.45) is 6.77. The smallest absolute Gasteiger partial charge is 0 e. The molecule has 0 nitrogen and oxygen atoms in total. The molecule has 86 valence electrons. The molecular formula is C10H20FeS3. The van der Waals surface area contributed by atoms with Gasteiger partial charge in [0.2, 0.25) is 0 Å². The Balaban J connectivity index is -0.000000403. The molecule has 0 aliphatic rings. The molecule has 0 saturated carbocycles. The summed E-state index contributed by atoms with van der Waals surface area (Å²) in [5, 5.41) is 4.42. The Hall–Kier alpha value is 0.919. The average Bonchev–Trinajstić information content (AvgIpc) is 2.50. The molecular weight excluding hydrogens is 272 g/mol. The largest absolute Gasteiger partial charge is 0.197 e. The van der Waals surface area contributed by atoms with Crippen molar-refractivity contribution in [1.29, 1.82) is 0 Å². The van der Waals surface area contributed by atoms with Gasteiger partial charge < -0.3 is 0 Å². The molecule has 0 fully saturated rings. The van der Waals surface area contributed by atoms with E-state index in [1.807, 2.05) is 0 Å². The van der Waals surface area contributed by atoms with Gasteiger partial charge in [-0.3, -0.25) is 0 Å². The van der Waals surface area contributed by atoms with E-state index in [4.69, 9.17) is 0 Å². The third kappa shape index (κ3) is 9.47. The summed E-state index contributed by atoms with van der Waals surface area (Å²) in [5.74, 6) is 0. The number of unbranched alkanes of at least 4 members (excludes halogenated alkanes) is 3. The van der Waals surface area contributed by atoms with Crippen LogP contribution in [0.2, 0.25) is 0 Å². The molecule has 1 rings (SSSR count). The zero-order valence-corrected chi connectivity index (χ0v) is 12.5. The monoisotopic (exact) mass is 292 g/mol. The Labute approximate surface area is 116 Å². The predicted molar refractivity (Wildman–Crippen MR) is 72.9 cm³/mol. The van der Waals surface area contributed by atoms with Crippen LogP contribution in [0.15, 0.2) is 16.8 Å². The minimum Gasteiger partial charge on any atom is -0.197 e. The maximum Gasteiger partial charge on any atom is 0 e. The Morgan fingerprint density at radius 3 is 2.36 bits per heavy atom. The molecule has 0 aliphatic carbocycles. The van der Waals surface area contributed by atoms with Crippen molar-refractivity contribution < 1.29 is 17.1 Å². The van der Waals surface area contributed by atoms with Gasteiger partial charge in [-0.15, -0.1) is 0 Å². The summed E-state index contributed by atoms with van der Waals surface area (Å²) >= 11 is 1.80. The molecule has 0 aromatic carbocycles. The van der Waals surface area contributed by atoms with E-state index in [1.165, 1.54) is 37.7 Å². The van der Waals surface area contributed by atoms with Gasteiger partial charge in [-0.25, -0.2) is 0 Å². The molecule has 0 aliphatic heterocycles. The van der Waals surface area contributed by atoms with Crippen molar-refractivity contribution in [2.24, 2.45) is 0 Å². The predicted octanol–water partition coefficient (Wildman–Crippen LogP) is 4.09. The van der Waals surface area contributed by atoms with Crippen molar-refractivity contribution in [3.05, 3.63) is 22.4 Å². The Bertz CT molecular complexity index is 176. The fraction of sp³-hybridized carbons (Fsp3) is 0.600. The first kappa shape index (κ1) is 20.3. The Morgan fingerprint density at radius 2 is 1.86 bits per heavy atom. The van der Waals surface area contributed by atoms with Crippen LogP contribution in [0.1, 0.15) is 38.2 Å². The summed E-state index contributed by atoms with van der Waals surface area (Å²) in [7, 11) is 0. The summed E-state index contributed by atoms with van der Waals surface area (Å²) in [4.78, 5) is 0. The van der Waals surface area contributed by atoms with E-state index in [0.29, 0.717) is 0 Å². The maximum atomic E-state index is 2.26. The second-order valence-corrected chi connectivity index (χ2v) is 3.72. The summed E-state index contributed by atoms with van der Waals surface area (Å²) < 4.78 is 0. The van der Waals surface area contributed by atoms with Gasteiger partial charge in [-0.05, 0) is 35.2 Å². The van der Waals surface area contributed by atoms with Crippen LogP contribution in [-0.4, -0.2) is 0 Å². The van der Waals surface area contributed by atoms with Crippen LogP contribution in [0.25, 0.3) is 0 Å². The van der Waals surface area contributed by atoms with E-state index in [2.05, 4.69) is 23.8 Å². The first-order chi connectivity index (χ1) is 5.43. The molecule has 0 atom stereocenters. The maximum absolute atomic E-state index is 2.26. The van der Waals surface area contributed by atoms with Crippen LogP contribution in [0.5, 0.6) is 0 Å². The summed E-state index contributed by atoms with van der Waals surface area (Å²) in [5.41, 5.74) is 1.52. The number of rotatable bonds is 5. The van der Waals surface area contributed by atoms with Crippen LogP contribution in [0, 0.1) is 0 Å². The van der Waals surface area contributed by atoms with Gasteiger partial charge in [0, 0.05) is 17.1 Å². The van der Waals surface area contributed by atoms with E-state index < -0.39 is 0 Å². The fourth-order valence-electron chi connectivity index (χ4n) is 1.19. The second kappa shape index (κ2) is 13.9. The SMILES string of the molecule is CCCCCCc1ccsc1.S.S.[Fe]. The van der Waals surface area contributed by atoms with Crippen molar-refractivity contribution in [3.63, 3.8) is 0 Å². The molecule has 1 heterocycles. The number of hydrogen-bond acceptors (Lipinski definition) is 1. The number of hydrogen-bond donors (Lipinski definition) is 0. The third-order valence-electron chi connectivity index (χ3n) is 1.90. The van der Waals surface area contributed by atoms with E-state index in [1.54, 1.807) is 11.3 Å². The summed E-state index contributed by atoms with van der Waals surface area (Å²) in [6.45, 7) is 2.25. The second-order valence-electron chi connectivity index (χ2n) is 2.94. The molecule has 1 aromatic heterocycles. The molecule has 0 radical (unpaired) electrons. The van der Waals surface area contributed by atoms with Gasteiger partial charge in [0.15, 0.2) is 0 Å². The Morgan fingerprint density at radius 1 is 1.14 bits per heavy atom. The van der Waals surface area contributed by atoms with Crippen molar-refractivity contribution in [2.75, 3.05) is 0 Å². The fourth-order valence-corrected chi connectivity index (χ4v) is 1.89. The first-order valence-corrected chi connectivity index (χ1v) is 5.39. The minimum absolute atomic E-state index is 0. The topological polar surface area (TPSA) is 0 Å². The first-order valence-electron chi connectivity index (χ1n) is 4.44. The molecule has 0 unspecified atom stereocenters. The van der Waals surface area contributed by atoms with Crippen LogP contribution in [0.4, 0.5) is 0 Å². The standard InChI is InChI=1S/C10H16S.Fe.2H2S/c1-2-3-4-5-6-10-7-8-11-9-10;;;/h7-9H,2-6H2,1H3;;2*1H2. The van der Waals surface area contributed by atoms with Crippen LogP contribution < -0.4 is 0 Å². The molecule has 14 heavy (non-hydrogen) atoms. The van der Waals surface area contributed by atoms with Crippen LogP contribution in [0.3, 0.4) is 0 Å². The minimum atomic E-state index is 0. The molecule has 0 spiro atoms. The zero-order chi connectivity index (χ0) is 7.94. The molecule has 0 bridgehead atoms.